The number of carboxylic acids is 1. The van der Waals surface area contributed by atoms with Gasteiger partial charge in [0, 0.05) is 6.04 Å². The summed E-state index contributed by atoms with van der Waals surface area (Å²) in [6, 6.07) is -0.297. The van der Waals surface area contributed by atoms with Crippen molar-refractivity contribution in [1.29, 1.82) is 0 Å². The Hall–Kier alpha value is -1.30. The van der Waals surface area contributed by atoms with Gasteiger partial charge in [0.2, 0.25) is 0 Å². The van der Waals surface area contributed by atoms with Gasteiger partial charge in [-0.05, 0) is 24.7 Å². The van der Waals surface area contributed by atoms with Crippen molar-refractivity contribution in [2.75, 3.05) is 6.54 Å². The van der Waals surface area contributed by atoms with Gasteiger partial charge in [-0.3, -0.25) is 0 Å². The fraction of sp³-hybridized carbons (Fsp3) is 0.833. The fourth-order valence-electron chi connectivity index (χ4n) is 2.33. The quantitative estimate of drug-likeness (QED) is 0.596. The van der Waals surface area contributed by atoms with Gasteiger partial charge in [0.1, 0.15) is 0 Å². The average molecular weight is 258 g/mol. The van der Waals surface area contributed by atoms with Crippen LogP contribution in [-0.4, -0.2) is 40.9 Å². The predicted molar refractivity (Wildman–Crippen MR) is 66.2 cm³/mol. The van der Waals surface area contributed by atoms with E-state index in [1.165, 1.54) is 0 Å². The third kappa shape index (κ3) is 4.91. The van der Waals surface area contributed by atoms with E-state index in [9.17, 15) is 9.59 Å². The van der Waals surface area contributed by atoms with Crippen molar-refractivity contribution in [1.82, 2.24) is 10.6 Å². The molecule has 0 saturated heterocycles. The lowest BCUT2D eigenvalue weighted by Crippen LogP contribution is -2.47. The highest BCUT2D eigenvalue weighted by Gasteiger charge is 2.28. The number of urea groups is 1. The Morgan fingerprint density at radius 3 is 2.67 bits per heavy atom. The Labute approximate surface area is 107 Å². The van der Waals surface area contributed by atoms with Crippen molar-refractivity contribution < 1.29 is 19.8 Å². The van der Waals surface area contributed by atoms with Crippen LogP contribution in [0, 0.1) is 5.41 Å². The maximum atomic E-state index is 11.5. The van der Waals surface area contributed by atoms with Crippen LogP contribution in [0.3, 0.4) is 0 Å². The summed E-state index contributed by atoms with van der Waals surface area (Å²) in [6.45, 7) is 4.07. The number of carbonyl (C=O) groups is 2. The summed E-state index contributed by atoms with van der Waals surface area (Å²) in [4.78, 5) is 21.9. The Bertz CT molecular complexity index is 317. The lowest BCUT2D eigenvalue weighted by atomic mass is 9.75. The maximum Gasteiger partial charge on any atom is 0.334 e. The zero-order chi connectivity index (χ0) is 13.8. The summed E-state index contributed by atoms with van der Waals surface area (Å²) < 4.78 is 0. The van der Waals surface area contributed by atoms with E-state index in [-0.39, 0.29) is 18.0 Å². The van der Waals surface area contributed by atoms with E-state index in [1.54, 1.807) is 0 Å². The van der Waals surface area contributed by atoms with Crippen LogP contribution in [0.25, 0.3) is 0 Å². The molecule has 104 valence electrons. The molecule has 0 aromatic heterocycles. The summed E-state index contributed by atoms with van der Waals surface area (Å²) >= 11 is 0. The molecule has 1 aliphatic carbocycles. The van der Waals surface area contributed by atoms with Crippen molar-refractivity contribution in [3.63, 3.8) is 0 Å². The van der Waals surface area contributed by atoms with Gasteiger partial charge in [0.15, 0.2) is 6.10 Å². The number of hydrogen-bond acceptors (Lipinski definition) is 3. The normalized spacial score (nSPS) is 24.1. The van der Waals surface area contributed by atoms with Crippen LogP contribution in [0.15, 0.2) is 0 Å². The molecule has 2 amide bonds. The van der Waals surface area contributed by atoms with Crippen LogP contribution in [0.4, 0.5) is 4.79 Å². The van der Waals surface area contributed by atoms with Gasteiger partial charge >= 0.3 is 12.0 Å². The third-order valence-corrected chi connectivity index (χ3v) is 3.28. The number of aliphatic carboxylic acids is 1. The van der Waals surface area contributed by atoms with Crippen molar-refractivity contribution in [2.24, 2.45) is 5.41 Å². The molecule has 1 fully saturated rings. The molecule has 0 bridgehead atoms. The number of rotatable bonds is 4. The van der Waals surface area contributed by atoms with Gasteiger partial charge in [-0.2, -0.15) is 0 Å². The van der Waals surface area contributed by atoms with Gasteiger partial charge < -0.3 is 20.8 Å². The molecule has 4 N–H and O–H groups in total. The van der Waals surface area contributed by atoms with E-state index >= 15 is 0 Å². The first-order valence-corrected chi connectivity index (χ1v) is 6.25. The standard InChI is InChI=1S/C12H22N2O4/c1-12(2)5-3-4-8(6-12)14-11(18)13-7-9(15)10(16)17/h8-9,15H,3-7H2,1-2H3,(H,16,17)(H2,13,14,18). The van der Waals surface area contributed by atoms with Crippen LogP contribution in [-0.2, 0) is 4.79 Å². The SMILES string of the molecule is CC1(C)CCCC(NC(=O)NCC(O)C(=O)O)C1. The lowest BCUT2D eigenvalue weighted by Gasteiger charge is -2.35. The number of aliphatic hydroxyl groups is 1. The highest BCUT2D eigenvalue weighted by atomic mass is 16.4. The monoisotopic (exact) mass is 258 g/mol. The molecular weight excluding hydrogens is 236 g/mol. The Balaban J connectivity index is 2.30. The third-order valence-electron chi connectivity index (χ3n) is 3.28. The number of aliphatic hydroxyl groups excluding tert-OH is 1. The number of amides is 2. The van der Waals surface area contributed by atoms with E-state index in [2.05, 4.69) is 24.5 Å². The topological polar surface area (TPSA) is 98.7 Å². The second-order valence-corrected chi connectivity index (χ2v) is 5.67. The number of nitrogens with one attached hydrogen (secondary N) is 2. The van der Waals surface area contributed by atoms with Crippen LogP contribution in [0.1, 0.15) is 39.5 Å². The first kappa shape index (κ1) is 14.8. The molecule has 0 heterocycles. The Morgan fingerprint density at radius 2 is 2.11 bits per heavy atom. The van der Waals surface area contributed by atoms with Gasteiger partial charge in [-0.15, -0.1) is 0 Å². The first-order valence-electron chi connectivity index (χ1n) is 6.25. The fourth-order valence-corrected chi connectivity index (χ4v) is 2.33. The summed E-state index contributed by atoms with van der Waals surface area (Å²) in [6.07, 6.45) is 2.54. The molecule has 0 aromatic carbocycles. The van der Waals surface area contributed by atoms with Gasteiger partial charge in [-0.25, -0.2) is 9.59 Å². The molecule has 0 aliphatic heterocycles. The Morgan fingerprint density at radius 1 is 1.44 bits per heavy atom. The van der Waals surface area contributed by atoms with E-state index in [4.69, 9.17) is 10.2 Å². The molecule has 2 unspecified atom stereocenters. The van der Waals surface area contributed by atoms with Crippen LogP contribution < -0.4 is 10.6 Å². The zero-order valence-corrected chi connectivity index (χ0v) is 10.9. The van der Waals surface area contributed by atoms with E-state index < -0.39 is 18.1 Å². The second-order valence-electron chi connectivity index (χ2n) is 5.67. The van der Waals surface area contributed by atoms with Crippen LogP contribution in [0.2, 0.25) is 0 Å². The van der Waals surface area contributed by atoms with Crippen molar-refractivity contribution >= 4 is 12.0 Å². The number of carboxylic acid groups (broad SMARTS) is 1. The summed E-state index contributed by atoms with van der Waals surface area (Å²) in [7, 11) is 0. The molecule has 6 nitrogen and oxygen atoms in total. The molecule has 6 heteroatoms. The number of carbonyl (C=O) groups excluding carboxylic acids is 1. The van der Waals surface area contributed by atoms with Crippen LogP contribution in [0.5, 0.6) is 0 Å². The Kier molecular flexibility index (Phi) is 4.95. The summed E-state index contributed by atoms with van der Waals surface area (Å²) in [5.41, 5.74) is 0.233. The maximum absolute atomic E-state index is 11.5. The smallest absolute Gasteiger partial charge is 0.334 e. The minimum atomic E-state index is -1.56. The highest BCUT2D eigenvalue weighted by Crippen LogP contribution is 2.34. The largest absolute Gasteiger partial charge is 0.479 e. The van der Waals surface area contributed by atoms with Crippen molar-refractivity contribution in [3.05, 3.63) is 0 Å². The first-order chi connectivity index (χ1) is 8.30. The molecule has 0 spiro atoms. The minimum Gasteiger partial charge on any atom is -0.479 e. The van der Waals surface area contributed by atoms with Crippen molar-refractivity contribution in [3.8, 4) is 0 Å². The predicted octanol–water partition coefficient (Wildman–Crippen LogP) is 0.700. The molecular formula is C12H22N2O4. The van der Waals surface area contributed by atoms with E-state index in [0.29, 0.717) is 0 Å². The van der Waals surface area contributed by atoms with Gasteiger partial charge in [0.05, 0.1) is 6.54 Å². The summed E-state index contributed by atoms with van der Waals surface area (Å²) in [5, 5.41) is 22.7. The average Bonchev–Trinajstić information content (AvgIpc) is 2.24. The lowest BCUT2D eigenvalue weighted by molar-refractivity contribution is -0.146. The van der Waals surface area contributed by atoms with Gasteiger partial charge in [-0.1, -0.05) is 20.3 Å². The minimum absolute atomic E-state index is 0.121. The molecule has 0 radical (unpaired) electrons. The molecule has 18 heavy (non-hydrogen) atoms. The summed E-state index contributed by atoms with van der Waals surface area (Å²) in [5.74, 6) is -1.34. The number of hydrogen-bond donors (Lipinski definition) is 4. The molecule has 2 atom stereocenters. The molecule has 1 aliphatic rings. The molecule has 1 saturated carbocycles. The van der Waals surface area contributed by atoms with E-state index in [1.807, 2.05) is 0 Å². The second kappa shape index (κ2) is 6.04. The molecule has 1 rings (SSSR count). The highest BCUT2D eigenvalue weighted by molar-refractivity contribution is 5.76. The van der Waals surface area contributed by atoms with E-state index in [0.717, 1.165) is 25.7 Å². The van der Waals surface area contributed by atoms with Gasteiger partial charge in [0.25, 0.3) is 0 Å². The zero-order valence-electron chi connectivity index (χ0n) is 10.9. The van der Waals surface area contributed by atoms with Crippen molar-refractivity contribution in [2.45, 2.75) is 51.7 Å². The van der Waals surface area contributed by atoms with Crippen LogP contribution >= 0.6 is 0 Å². The molecule has 0 aromatic rings.